The van der Waals surface area contributed by atoms with Gasteiger partial charge in [0.25, 0.3) is 0 Å². The van der Waals surface area contributed by atoms with Gasteiger partial charge >= 0.3 is 5.97 Å². The summed E-state index contributed by atoms with van der Waals surface area (Å²) < 4.78 is 15.6. The molecule has 0 radical (unpaired) electrons. The normalized spacial score (nSPS) is 24.7. The van der Waals surface area contributed by atoms with Crippen LogP contribution >= 0.6 is 0 Å². The van der Waals surface area contributed by atoms with Crippen LogP contribution in [0.1, 0.15) is 20.3 Å². The average Bonchev–Trinajstić information content (AvgIpc) is 2.70. The number of aliphatic hydroxyl groups excluding tert-OH is 1. The topological polar surface area (TPSA) is 68.2 Å². The molecular weight excluding hydrogens is 238 g/mol. The van der Waals surface area contributed by atoms with Gasteiger partial charge in [0.2, 0.25) is 0 Å². The number of methoxy groups -OCH3 is 1. The summed E-state index contributed by atoms with van der Waals surface area (Å²) in [6.45, 7) is 5.77. The molecule has 1 aliphatic rings. The number of β-amino-alcohol motifs (C(OH)–C–C–N with tert-alkyl or cyclic N) is 1. The summed E-state index contributed by atoms with van der Waals surface area (Å²) >= 11 is 0. The van der Waals surface area contributed by atoms with Crippen molar-refractivity contribution >= 4 is 5.97 Å². The molecule has 1 heterocycles. The van der Waals surface area contributed by atoms with Crippen LogP contribution in [0, 0.1) is 0 Å². The summed E-state index contributed by atoms with van der Waals surface area (Å²) in [6.07, 6.45) is -0.479. The van der Waals surface area contributed by atoms with Crippen molar-refractivity contribution in [3.63, 3.8) is 0 Å². The van der Waals surface area contributed by atoms with Gasteiger partial charge in [0.15, 0.2) is 6.29 Å². The van der Waals surface area contributed by atoms with Crippen molar-refractivity contribution in [3.05, 3.63) is 0 Å². The minimum atomic E-state index is -0.502. The second kappa shape index (κ2) is 7.68. The Bertz CT molecular complexity index is 255. The number of likely N-dealkylation sites (tertiary alicyclic amines) is 1. The number of hydrogen-bond acceptors (Lipinski definition) is 6. The first kappa shape index (κ1) is 15.4. The maximum atomic E-state index is 11.6. The lowest BCUT2D eigenvalue weighted by Gasteiger charge is -2.26. The fraction of sp³-hybridized carbons (Fsp3) is 0.917. The number of hydrogen-bond donors (Lipinski definition) is 1. The monoisotopic (exact) mass is 261 g/mol. The van der Waals surface area contributed by atoms with Gasteiger partial charge in [-0.3, -0.25) is 9.69 Å². The summed E-state index contributed by atoms with van der Waals surface area (Å²) in [6, 6.07) is -0.409. The molecule has 2 unspecified atom stereocenters. The van der Waals surface area contributed by atoms with Crippen LogP contribution in [0.4, 0.5) is 0 Å². The quantitative estimate of drug-likeness (QED) is 0.514. The molecule has 0 amide bonds. The van der Waals surface area contributed by atoms with Gasteiger partial charge < -0.3 is 19.3 Å². The largest absolute Gasteiger partial charge is 0.468 e. The van der Waals surface area contributed by atoms with Gasteiger partial charge in [-0.15, -0.1) is 0 Å². The molecule has 0 bridgehead atoms. The number of carbonyl (C=O) groups is 1. The van der Waals surface area contributed by atoms with Gasteiger partial charge in [0.05, 0.1) is 19.8 Å². The standard InChI is InChI=1S/C12H23NO5/c1-4-17-11(18-5-2)8-13-7-9(14)6-10(13)12(15)16-3/h9-11,14H,4-8H2,1-3H3. The maximum Gasteiger partial charge on any atom is 0.323 e. The Morgan fingerprint density at radius 2 is 2.00 bits per heavy atom. The summed E-state index contributed by atoms with van der Waals surface area (Å²) in [5.74, 6) is -0.321. The van der Waals surface area contributed by atoms with E-state index in [0.717, 1.165) is 0 Å². The van der Waals surface area contributed by atoms with E-state index < -0.39 is 12.1 Å². The smallest absolute Gasteiger partial charge is 0.323 e. The second-order valence-corrected chi connectivity index (χ2v) is 4.22. The molecule has 1 rings (SSSR count). The molecule has 1 saturated heterocycles. The van der Waals surface area contributed by atoms with Gasteiger partial charge in [-0.25, -0.2) is 0 Å². The van der Waals surface area contributed by atoms with Crippen LogP contribution in [0.3, 0.4) is 0 Å². The SMILES string of the molecule is CCOC(CN1CC(O)CC1C(=O)OC)OCC. The van der Waals surface area contributed by atoms with E-state index in [0.29, 0.717) is 32.7 Å². The predicted molar refractivity (Wildman–Crippen MR) is 65.0 cm³/mol. The van der Waals surface area contributed by atoms with E-state index in [1.54, 1.807) is 0 Å². The minimum Gasteiger partial charge on any atom is -0.468 e. The summed E-state index contributed by atoms with van der Waals surface area (Å²) in [5, 5.41) is 9.66. The Hall–Kier alpha value is -0.690. The third-order valence-electron chi connectivity index (χ3n) is 2.94. The molecule has 0 aromatic heterocycles. The molecule has 1 aliphatic heterocycles. The molecule has 6 heteroatoms. The third-order valence-corrected chi connectivity index (χ3v) is 2.94. The predicted octanol–water partition coefficient (Wildman–Crippen LogP) is -0.00630. The number of nitrogens with zero attached hydrogens (tertiary/aromatic N) is 1. The van der Waals surface area contributed by atoms with Crippen LogP contribution in [0.2, 0.25) is 0 Å². The van der Waals surface area contributed by atoms with Crippen molar-refractivity contribution in [2.45, 2.75) is 38.7 Å². The Labute approximate surface area is 108 Å². The molecule has 1 N–H and O–H groups in total. The van der Waals surface area contributed by atoms with E-state index in [2.05, 4.69) is 0 Å². The van der Waals surface area contributed by atoms with Crippen LogP contribution in [0.25, 0.3) is 0 Å². The first-order valence-corrected chi connectivity index (χ1v) is 6.35. The minimum absolute atomic E-state index is 0.321. The van der Waals surface area contributed by atoms with Crippen LogP contribution in [0.15, 0.2) is 0 Å². The Kier molecular flexibility index (Phi) is 6.56. The molecule has 18 heavy (non-hydrogen) atoms. The van der Waals surface area contributed by atoms with E-state index in [-0.39, 0.29) is 12.3 Å². The van der Waals surface area contributed by atoms with E-state index >= 15 is 0 Å². The molecule has 6 nitrogen and oxygen atoms in total. The fourth-order valence-corrected chi connectivity index (χ4v) is 2.18. The van der Waals surface area contributed by atoms with Crippen molar-refractivity contribution in [2.75, 3.05) is 33.4 Å². The Morgan fingerprint density at radius 1 is 1.39 bits per heavy atom. The number of esters is 1. The van der Waals surface area contributed by atoms with Crippen LogP contribution in [-0.2, 0) is 19.0 Å². The fourth-order valence-electron chi connectivity index (χ4n) is 2.18. The summed E-state index contributed by atoms with van der Waals surface area (Å²) in [4.78, 5) is 13.5. The number of carbonyl (C=O) groups excluding carboxylic acids is 1. The number of ether oxygens (including phenoxy) is 3. The van der Waals surface area contributed by atoms with E-state index in [1.165, 1.54) is 7.11 Å². The highest BCUT2D eigenvalue weighted by atomic mass is 16.7. The first-order chi connectivity index (χ1) is 8.62. The third kappa shape index (κ3) is 4.20. The van der Waals surface area contributed by atoms with E-state index in [1.807, 2.05) is 18.7 Å². The van der Waals surface area contributed by atoms with Crippen molar-refractivity contribution < 1.29 is 24.1 Å². The lowest BCUT2D eigenvalue weighted by Crippen LogP contribution is -2.43. The van der Waals surface area contributed by atoms with E-state index in [9.17, 15) is 9.90 Å². The van der Waals surface area contributed by atoms with Gasteiger partial charge in [0.1, 0.15) is 6.04 Å². The van der Waals surface area contributed by atoms with Crippen molar-refractivity contribution in [3.8, 4) is 0 Å². The molecule has 0 saturated carbocycles. The number of rotatable bonds is 7. The van der Waals surface area contributed by atoms with Gasteiger partial charge in [0, 0.05) is 26.2 Å². The highest BCUT2D eigenvalue weighted by Crippen LogP contribution is 2.20. The zero-order valence-corrected chi connectivity index (χ0v) is 11.3. The first-order valence-electron chi connectivity index (χ1n) is 6.35. The second-order valence-electron chi connectivity index (χ2n) is 4.22. The molecular formula is C12H23NO5. The molecule has 0 aromatic carbocycles. The Balaban J connectivity index is 2.58. The number of aliphatic hydroxyl groups is 1. The van der Waals surface area contributed by atoms with Crippen molar-refractivity contribution in [1.29, 1.82) is 0 Å². The van der Waals surface area contributed by atoms with Crippen molar-refractivity contribution in [1.82, 2.24) is 4.90 Å². The lowest BCUT2D eigenvalue weighted by atomic mass is 10.2. The average molecular weight is 261 g/mol. The highest BCUT2D eigenvalue weighted by Gasteiger charge is 2.37. The molecule has 1 fully saturated rings. The lowest BCUT2D eigenvalue weighted by molar-refractivity contribution is -0.158. The van der Waals surface area contributed by atoms with Crippen LogP contribution < -0.4 is 0 Å². The Morgan fingerprint density at radius 3 is 2.50 bits per heavy atom. The zero-order chi connectivity index (χ0) is 13.5. The van der Waals surface area contributed by atoms with Crippen LogP contribution in [0.5, 0.6) is 0 Å². The summed E-state index contributed by atoms with van der Waals surface area (Å²) in [5.41, 5.74) is 0. The molecule has 106 valence electrons. The molecule has 0 spiro atoms. The molecule has 0 aliphatic carbocycles. The van der Waals surface area contributed by atoms with E-state index in [4.69, 9.17) is 14.2 Å². The van der Waals surface area contributed by atoms with Gasteiger partial charge in [-0.1, -0.05) is 0 Å². The van der Waals surface area contributed by atoms with Gasteiger partial charge in [-0.05, 0) is 13.8 Å². The maximum absolute atomic E-state index is 11.6. The van der Waals surface area contributed by atoms with Crippen LogP contribution in [-0.4, -0.2) is 67.8 Å². The van der Waals surface area contributed by atoms with Gasteiger partial charge in [-0.2, -0.15) is 0 Å². The zero-order valence-electron chi connectivity index (χ0n) is 11.3. The van der Waals surface area contributed by atoms with Crippen molar-refractivity contribution in [2.24, 2.45) is 0 Å². The molecule has 0 aromatic rings. The summed E-state index contributed by atoms with van der Waals surface area (Å²) in [7, 11) is 1.35. The molecule has 2 atom stereocenters. The highest BCUT2D eigenvalue weighted by molar-refractivity contribution is 5.76.